The molecule has 1 rings (SSSR count). The Balaban J connectivity index is 0.000000843. The summed E-state index contributed by atoms with van der Waals surface area (Å²) in [7, 11) is 0. The van der Waals surface area contributed by atoms with Crippen LogP contribution in [0.3, 0.4) is 0 Å². The first kappa shape index (κ1) is 30.4. The zero-order valence-electron chi connectivity index (χ0n) is 22.5. The molecule has 0 spiro atoms. The van der Waals surface area contributed by atoms with E-state index in [1.54, 1.807) is 6.08 Å². The van der Waals surface area contributed by atoms with Gasteiger partial charge in [0.1, 0.15) is 0 Å². The van der Waals surface area contributed by atoms with E-state index in [1.165, 1.54) is 16.7 Å². The molecule has 1 aromatic rings. The molecule has 0 amide bonds. The van der Waals surface area contributed by atoms with Crippen LogP contribution in [0.1, 0.15) is 91.2 Å². The van der Waals surface area contributed by atoms with Gasteiger partial charge in [0.05, 0.1) is 0 Å². The minimum atomic E-state index is 0.412. The van der Waals surface area contributed by atoms with Crippen molar-refractivity contribution in [1.82, 2.24) is 5.32 Å². The third-order valence-electron chi connectivity index (χ3n) is 5.09. The van der Waals surface area contributed by atoms with E-state index in [1.807, 2.05) is 12.3 Å². The summed E-state index contributed by atoms with van der Waals surface area (Å²) in [5, 5.41) is 3.37. The predicted molar refractivity (Wildman–Crippen MR) is 151 cm³/mol. The number of nitrogens with zero attached hydrogens (tertiary/aromatic N) is 1. The maximum atomic E-state index is 4.64. The van der Waals surface area contributed by atoms with E-state index < -0.39 is 0 Å². The molecule has 0 aliphatic heterocycles. The number of hydrogen-bond acceptors (Lipinski definition) is 2. The standard InChI is InChI=1S/C21H34N2.C10H14/c1-8-11-12-14-20(13-9-2)16-22-19(7)21(10-3)15-18(6)23-17(4)5;1-8(2)10-6-4-9(3)5-7-10/h9,12-14,16-17,23H,2,6,8,10-11,15H2,1,3-5,7H3;4-8H,1-3H3/b14-12-,20-13+,21-19-,22-16-;. The van der Waals surface area contributed by atoms with Crippen LogP contribution in [0, 0.1) is 6.92 Å². The largest absolute Gasteiger partial charge is 0.386 e. The van der Waals surface area contributed by atoms with E-state index >= 15 is 0 Å². The highest BCUT2D eigenvalue weighted by Gasteiger charge is 2.04. The Hall–Kier alpha value is -2.61. The van der Waals surface area contributed by atoms with E-state index in [4.69, 9.17) is 0 Å². The van der Waals surface area contributed by atoms with Gasteiger partial charge >= 0.3 is 0 Å². The summed E-state index contributed by atoms with van der Waals surface area (Å²) in [6, 6.07) is 9.13. The van der Waals surface area contributed by atoms with Crippen LogP contribution < -0.4 is 5.32 Å². The lowest BCUT2D eigenvalue weighted by Gasteiger charge is -2.15. The molecule has 0 aliphatic carbocycles. The van der Waals surface area contributed by atoms with Crippen molar-refractivity contribution in [1.29, 1.82) is 0 Å². The molecule has 1 aromatic carbocycles. The number of rotatable bonds is 12. The Morgan fingerprint density at radius 1 is 1.09 bits per heavy atom. The second-order valence-electron chi connectivity index (χ2n) is 9.04. The molecule has 182 valence electrons. The topological polar surface area (TPSA) is 24.4 Å². The third-order valence-corrected chi connectivity index (χ3v) is 5.09. The van der Waals surface area contributed by atoms with Gasteiger partial charge in [-0.2, -0.15) is 0 Å². The summed E-state index contributed by atoms with van der Waals surface area (Å²) in [5.74, 6) is 0.653. The fraction of sp³-hybridized carbons (Fsp3) is 0.452. The van der Waals surface area contributed by atoms with Crippen LogP contribution in [0.25, 0.3) is 0 Å². The second kappa shape index (κ2) is 17.9. The van der Waals surface area contributed by atoms with Crippen molar-refractivity contribution in [2.45, 2.75) is 93.0 Å². The number of unbranched alkanes of at least 4 members (excludes halogenated alkanes) is 1. The first-order valence-electron chi connectivity index (χ1n) is 12.4. The molecule has 1 N–H and O–H groups in total. The quantitative estimate of drug-likeness (QED) is 0.250. The Kier molecular flexibility index (Phi) is 16.5. The Morgan fingerprint density at radius 2 is 1.73 bits per heavy atom. The highest BCUT2D eigenvalue weighted by Crippen LogP contribution is 2.18. The number of aryl methyl sites for hydroxylation is 1. The fourth-order valence-corrected chi connectivity index (χ4v) is 3.10. The summed E-state index contributed by atoms with van der Waals surface area (Å²) in [6.07, 6.45) is 14.0. The lowest BCUT2D eigenvalue weighted by Crippen LogP contribution is -2.21. The van der Waals surface area contributed by atoms with Crippen LogP contribution in [0.15, 0.2) is 89.3 Å². The Bertz CT molecular complexity index is 815. The van der Waals surface area contributed by atoms with E-state index in [9.17, 15) is 0 Å². The minimum absolute atomic E-state index is 0.412. The molecule has 0 radical (unpaired) electrons. The average Bonchev–Trinajstić information content (AvgIpc) is 2.76. The van der Waals surface area contributed by atoms with Gasteiger partial charge in [-0.3, -0.25) is 4.99 Å². The number of allylic oxidation sites excluding steroid dienone is 7. The third kappa shape index (κ3) is 15.0. The zero-order chi connectivity index (χ0) is 25.2. The average molecular weight is 449 g/mol. The fourth-order valence-electron chi connectivity index (χ4n) is 3.10. The van der Waals surface area contributed by atoms with Gasteiger partial charge < -0.3 is 5.32 Å². The maximum absolute atomic E-state index is 4.64. The molecule has 0 saturated heterocycles. The molecule has 0 saturated carbocycles. The molecule has 0 aromatic heterocycles. The molecule has 0 atom stereocenters. The van der Waals surface area contributed by atoms with Crippen molar-refractivity contribution in [3.8, 4) is 0 Å². The summed E-state index contributed by atoms with van der Waals surface area (Å²) in [5.41, 5.74) is 7.27. The summed E-state index contributed by atoms with van der Waals surface area (Å²) in [6.45, 7) is 25.1. The van der Waals surface area contributed by atoms with Gasteiger partial charge in [-0.05, 0) is 63.2 Å². The molecule has 0 bridgehead atoms. The van der Waals surface area contributed by atoms with Gasteiger partial charge in [-0.25, -0.2) is 0 Å². The van der Waals surface area contributed by atoms with Crippen LogP contribution in [0.4, 0.5) is 0 Å². The molecule has 0 fully saturated rings. The van der Waals surface area contributed by atoms with Gasteiger partial charge in [0.15, 0.2) is 0 Å². The SMILES string of the molecule is C=C/C=C(\C=C/CCC)/C=N\C(C)=C(\CC)CC(=C)NC(C)C.Cc1ccc(C(C)C)cc1. The van der Waals surface area contributed by atoms with Gasteiger partial charge in [-0.15, -0.1) is 0 Å². The number of hydrogen-bond donors (Lipinski definition) is 1. The van der Waals surface area contributed by atoms with Gasteiger partial charge in [0.25, 0.3) is 0 Å². The summed E-state index contributed by atoms with van der Waals surface area (Å²) >= 11 is 0. The molecule has 0 unspecified atom stereocenters. The number of nitrogens with one attached hydrogen (secondary N) is 1. The van der Waals surface area contributed by atoms with Crippen molar-refractivity contribution >= 4 is 6.21 Å². The molecule has 0 heterocycles. The molecule has 2 nitrogen and oxygen atoms in total. The monoisotopic (exact) mass is 448 g/mol. The van der Waals surface area contributed by atoms with E-state index in [0.29, 0.717) is 12.0 Å². The molecule has 33 heavy (non-hydrogen) atoms. The van der Waals surface area contributed by atoms with Crippen LogP contribution >= 0.6 is 0 Å². The van der Waals surface area contributed by atoms with Crippen molar-refractivity contribution in [3.63, 3.8) is 0 Å². The summed E-state index contributed by atoms with van der Waals surface area (Å²) in [4.78, 5) is 4.64. The van der Waals surface area contributed by atoms with Crippen molar-refractivity contribution in [2.75, 3.05) is 0 Å². The normalized spacial score (nSPS) is 12.7. The predicted octanol–water partition coefficient (Wildman–Crippen LogP) is 9.23. The highest BCUT2D eigenvalue weighted by atomic mass is 14.9. The van der Waals surface area contributed by atoms with Gasteiger partial charge in [-0.1, -0.05) is 101 Å². The van der Waals surface area contributed by atoms with E-state index in [0.717, 1.165) is 42.7 Å². The van der Waals surface area contributed by atoms with Crippen molar-refractivity contribution in [2.24, 2.45) is 4.99 Å². The van der Waals surface area contributed by atoms with E-state index in [-0.39, 0.29) is 0 Å². The van der Waals surface area contributed by atoms with Gasteiger partial charge in [0, 0.05) is 30.1 Å². The van der Waals surface area contributed by atoms with Crippen LogP contribution in [-0.2, 0) is 0 Å². The molecular formula is C31H48N2. The molecular weight excluding hydrogens is 400 g/mol. The zero-order valence-corrected chi connectivity index (χ0v) is 22.5. The van der Waals surface area contributed by atoms with Crippen molar-refractivity contribution < 1.29 is 0 Å². The maximum Gasteiger partial charge on any atom is 0.0368 e. The highest BCUT2D eigenvalue weighted by molar-refractivity contribution is 5.83. The van der Waals surface area contributed by atoms with E-state index in [2.05, 4.69) is 115 Å². The second-order valence-corrected chi connectivity index (χ2v) is 9.04. The first-order chi connectivity index (χ1) is 15.6. The summed E-state index contributed by atoms with van der Waals surface area (Å²) < 4.78 is 0. The lowest BCUT2D eigenvalue weighted by atomic mass is 10.0. The number of benzene rings is 1. The van der Waals surface area contributed by atoms with Crippen LogP contribution in [-0.4, -0.2) is 12.3 Å². The number of aliphatic imine (C=N–C) groups is 1. The smallest absolute Gasteiger partial charge is 0.0368 e. The lowest BCUT2D eigenvalue weighted by molar-refractivity contribution is 0.652. The van der Waals surface area contributed by atoms with Crippen LogP contribution in [0.5, 0.6) is 0 Å². The first-order valence-corrected chi connectivity index (χ1v) is 12.4. The minimum Gasteiger partial charge on any atom is -0.386 e. The molecule has 0 aliphatic rings. The Labute approximate surface area is 205 Å². The van der Waals surface area contributed by atoms with Gasteiger partial charge in [0.2, 0.25) is 0 Å². The van der Waals surface area contributed by atoms with Crippen LogP contribution in [0.2, 0.25) is 0 Å². The van der Waals surface area contributed by atoms with Crippen molar-refractivity contribution in [3.05, 3.63) is 95.4 Å². The molecule has 2 heteroatoms. The Morgan fingerprint density at radius 3 is 2.21 bits per heavy atom.